The topological polar surface area (TPSA) is 85.3 Å². The van der Waals surface area contributed by atoms with E-state index >= 15 is 0 Å². The van der Waals surface area contributed by atoms with E-state index in [2.05, 4.69) is 0 Å². The molecule has 1 N–H and O–H groups in total. The van der Waals surface area contributed by atoms with Gasteiger partial charge in [-0.1, -0.05) is 54.4 Å². The molecule has 9 heteroatoms. The lowest BCUT2D eigenvalue weighted by atomic mass is 9.94. The maximum absolute atomic E-state index is 13.1. The van der Waals surface area contributed by atoms with E-state index in [1.807, 2.05) is 31.2 Å². The van der Waals surface area contributed by atoms with Gasteiger partial charge in [0.05, 0.1) is 43.0 Å². The highest BCUT2D eigenvalue weighted by Gasteiger charge is 2.46. The van der Waals surface area contributed by atoms with Gasteiger partial charge in [-0.3, -0.25) is 9.59 Å². The van der Waals surface area contributed by atoms with Crippen LogP contribution in [0.4, 0.5) is 0 Å². The van der Waals surface area contributed by atoms with Gasteiger partial charge in [-0.2, -0.15) is 0 Å². The minimum absolute atomic E-state index is 0.0338. The number of aryl methyl sites for hydroxylation is 1. The standard InChI is InChI=1S/C24H25Cl2NO6/c1-5-13-6-8-14(9-7-13)19-17(21(29)24(30)27(19)10-11-31-2)20(28)15-12-16(25)23(33-4)18(26)22(15)32-3/h6-9,12,19,28H,5,10-11H2,1-4H3/b20-17+. The van der Waals surface area contributed by atoms with E-state index in [1.54, 1.807) is 0 Å². The molecule has 1 saturated heterocycles. The van der Waals surface area contributed by atoms with E-state index in [9.17, 15) is 14.7 Å². The maximum Gasteiger partial charge on any atom is 0.295 e. The molecule has 1 aliphatic rings. The number of methoxy groups -OCH3 is 3. The van der Waals surface area contributed by atoms with Crippen LogP contribution < -0.4 is 9.47 Å². The van der Waals surface area contributed by atoms with Crippen LogP contribution in [0, 0.1) is 0 Å². The predicted octanol–water partition coefficient (Wildman–Crippen LogP) is 4.64. The Balaban J connectivity index is 2.26. The lowest BCUT2D eigenvalue weighted by Crippen LogP contribution is -2.32. The largest absolute Gasteiger partial charge is 0.507 e. The van der Waals surface area contributed by atoms with Gasteiger partial charge in [0, 0.05) is 13.7 Å². The molecule has 0 bridgehead atoms. The first-order valence-electron chi connectivity index (χ1n) is 10.3. The number of halogens is 2. The minimum Gasteiger partial charge on any atom is -0.507 e. The SMILES string of the molecule is CCc1ccc(C2/C(=C(\O)c3cc(Cl)c(OC)c(Cl)c3OC)C(=O)C(=O)N2CCOC)cc1. The summed E-state index contributed by atoms with van der Waals surface area (Å²) in [6, 6.07) is 8.10. The quantitative estimate of drug-likeness (QED) is 0.327. The molecule has 0 radical (unpaired) electrons. The van der Waals surface area contributed by atoms with Crippen molar-refractivity contribution in [3.63, 3.8) is 0 Å². The number of benzene rings is 2. The average molecular weight is 494 g/mol. The number of hydrogen-bond donors (Lipinski definition) is 1. The summed E-state index contributed by atoms with van der Waals surface area (Å²) in [5, 5.41) is 11.5. The summed E-state index contributed by atoms with van der Waals surface area (Å²) in [4.78, 5) is 27.4. The number of Topliss-reactive ketones (excluding diaryl/α,β-unsaturated/α-hetero) is 1. The van der Waals surface area contributed by atoms with Gasteiger partial charge in [0.1, 0.15) is 10.8 Å². The van der Waals surface area contributed by atoms with Gasteiger partial charge < -0.3 is 24.2 Å². The molecule has 2 aromatic rings. The van der Waals surface area contributed by atoms with Crippen LogP contribution in [0.5, 0.6) is 11.5 Å². The number of aliphatic hydroxyl groups is 1. The monoisotopic (exact) mass is 493 g/mol. The first-order valence-corrected chi connectivity index (χ1v) is 11.0. The smallest absolute Gasteiger partial charge is 0.295 e. The molecule has 1 amide bonds. The van der Waals surface area contributed by atoms with E-state index in [-0.39, 0.29) is 45.8 Å². The molecule has 2 aromatic carbocycles. The fourth-order valence-corrected chi connectivity index (χ4v) is 4.56. The van der Waals surface area contributed by atoms with Crippen LogP contribution in [0.2, 0.25) is 10.0 Å². The Morgan fingerprint density at radius 2 is 1.70 bits per heavy atom. The van der Waals surface area contributed by atoms with Crippen LogP contribution in [0.15, 0.2) is 35.9 Å². The van der Waals surface area contributed by atoms with E-state index in [4.69, 9.17) is 37.4 Å². The Morgan fingerprint density at radius 3 is 2.24 bits per heavy atom. The molecule has 0 aliphatic carbocycles. The third-order valence-corrected chi connectivity index (χ3v) is 6.20. The summed E-state index contributed by atoms with van der Waals surface area (Å²) < 4.78 is 15.7. The number of ether oxygens (including phenoxy) is 3. The van der Waals surface area contributed by atoms with Crippen molar-refractivity contribution in [3.8, 4) is 11.5 Å². The predicted molar refractivity (Wildman–Crippen MR) is 126 cm³/mol. The zero-order chi connectivity index (χ0) is 24.3. The number of nitrogens with zero attached hydrogens (tertiary/aromatic N) is 1. The fourth-order valence-electron chi connectivity index (χ4n) is 3.87. The summed E-state index contributed by atoms with van der Waals surface area (Å²) >= 11 is 12.7. The highest BCUT2D eigenvalue weighted by molar-refractivity contribution is 6.47. The minimum atomic E-state index is -0.824. The number of carbonyl (C=O) groups excluding carboxylic acids is 2. The van der Waals surface area contributed by atoms with Crippen LogP contribution in [-0.2, 0) is 20.7 Å². The molecule has 0 spiro atoms. The second kappa shape index (κ2) is 10.5. The zero-order valence-electron chi connectivity index (χ0n) is 18.8. The van der Waals surface area contributed by atoms with E-state index < -0.39 is 23.5 Å². The van der Waals surface area contributed by atoms with E-state index in [1.165, 1.54) is 32.3 Å². The van der Waals surface area contributed by atoms with Crippen molar-refractivity contribution in [3.05, 3.63) is 62.6 Å². The van der Waals surface area contributed by atoms with E-state index in [0.717, 1.165) is 12.0 Å². The van der Waals surface area contributed by atoms with Crippen LogP contribution in [0.1, 0.15) is 29.7 Å². The van der Waals surface area contributed by atoms with Crippen molar-refractivity contribution in [2.24, 2.45) is 0 Å². The van der Waals surface area contributed by atoms with Gasteiger partial charge >= 0.3 is 0 Å². The Hall–Kier alpha value is -2.74. The van der Waals surface area contributed by atoms with Crippen molar-refractivity contribution in [1.29, 1.82) is 0 Å². The first-order chi connectivity index (χ1) is 15.8. The molecule has 1 fully saturated rings. The third-order valence-electron chi connectivity index (χ3n) is 5.57. The van der Waals surface area contributed by atoms with Crippen molar-refractivity contribution in [1.82, 2.24) is 4.90 Å². The molecule has 3 rings (SSSR count). The maximum atomic E-state index is 13.1. The lowest BCUT2D eigenvalue weighted by Gasteiger charge is -2.25. The van der Waals surface area contributed by atoms with Gasteiger partial charge in [-0.15, -0.1) is 0 Å². The molecule has 1 aliphatic heterocycles. The van der Waals surface area contributed by atoms with Crippen molar-refractivity contribution >= 4 is 40.7 Å². The molecule has 0 aromatic heterocycles. The molecular formula is C24H25Cl2NO6. The zero-order valence-corrected chi connectivity index (χ0v) is 20.3. The molecule has 7 nitrogen and oxygen atoms in total. The highest BCUT2D eigenvalue weighted by Crippen LogP contribution is 2.47. The summed E-state index contributed by atoms with van der Waals surface area (Å²) in [5.74, 6) is -1.76. The normalized spacial score (nSPS) is 17.5. The summed E-state index contributed by atoms with van der Waals surface area (Å²) in [6.07, 6.45) is 0.837. The van der Waals surface area contributed by atoms with Crippen molar-refractivity contribution < 1.29 is 28.9 Å². The number of likely N-dealkylation sites (tertiary alicyclic amines) is 1. The van der Waals surface area contributed by atoms with Gasteiger partial charge in [0.2, 0.25) is 0 Å². The molecule has 1 atom stereocenters. The second-order valence-electron chi connectivity index (χ2n) is 7.37. The summed E-state index contributed by atoms with van der Waals surface area (Å²) in [5.41, 5.74) is 1.76. The summed E-state index contributed by atoms with van der Waals surface area (Å²) in [6.45, 7) is 2.42. The summed E-state index contributed by atoms with van der Waals surface area (Å²) in [7, 11) is 4.27. The average Bonchev–Trinajstić information content (AvgIpc) is 3.07. The molecule has 1 heterocycles. The molecular weight excluding hydrogens is 469 g/mol. The van der Waals surface area contributed by atoms with Gasteiger partial charge in [0.15, 0.2) is 11.5 Å². The second-order valence-corrected chi connectivity index (χ2v) is 8.15. The van der Waals surface area contributed by atoms with Crippen LogP contribution in [0.25, 0.3) is 5.76 Å². The van der Waals surface area contributed by atoms with Crippen molar-refractivity contribution in [2.75, 3.05) is 34.5 Å². The Labute approximate surface area is 202 Å². The number of rotatable bonds is 8. The van der Waals surface area contributed by atoms with Gasteiger partial charge in [0.25, 0.3) is 11.7 Å². The Bertz CT molecular complexity index is 1100. The Kier molecular flexibility index (Phi) is 7.89. The highest BCUT2D eigenvalue weighted by atomic mass is 35.5. The molecule has 176 valence electrons. The number of ketones is 1. The van der Waals surface area contributed by atoms with Crippen LogP contribution in [-0.4, -0.2) is 56.2 Å². The lowest BCUT2D eigenvalue weighted by molar-refractivity contribution is -0.140. The van der Waals surface area contributed by atoms with Crippen molar-refractivity contribution in [2.45, 2.75) is 19.4 Å². The number of hydrogen-bond acceptors (Lipinski definition) is 6. The molecule has 1 unspecified atom stereocenters. The van der Waals surface area contributed by atoms with Gasteiger partial charge in [-0.25, -0.2) is 0 Å². The van der Waals surface area contributed by atoms with Crippen LogP contribution >= 0.6 is 23.2 Å². The van der Waals surface area contributed by atoms with Gasteiger partial charge in [-0.05, 0) is 23.6 Å². The number of aliphatic hydroxyl groups excluding tert-OH is 1. The Morgan fingerprint density at radius 1 is 1.06 bits per heavy atom. The van der Waals surface area contributed by atoms with E-state index in [0.29, 0.717) is 5.56 Å². The molecule has 0 saturated carbocycles. The number of carbonyl (C=O) groups is 2. The number of amides is 1. The van der Waals surface area contributed by atoms with Crippen LogP contribution in [0.3, 0.4) is 0 Å². The third kappa shape index (κ3) is 4.53. The first kappa shape index (κ1) is 24.9. The fraction of sp³-hybridized carbons (Fsp3) is 0.333. The molecule has 33 heavy (non-hydrogen) atoms.